The van der Waals surface area contributed by atoms with Gasteiger partial charge in [-0.3, -0.25) is 4.79 Å². The van der Waals surface area contributed by atoms with Crippen LogP contribution in [0.1, 0.15) is 29.9 Å². The lowest BCUT2D eigenvalue weighted by atomic mass is 9.82. The number of hydrogen-bond acceptors (Lipinski definition) is 1. The average Bonchev–Trinajstić information content (AvgIpc) is 2.49. The third-order valence-electron chi connectivity index (χ3n) is 3.76. The summed E-state index contributed by atoms with van der Waals surface area (Å²) in [6.07, 6.45) is 3.54. The number of ketones is 1. The van der Waals surface area contributed by atoms with Crippen LogP contribution < -0.4 is 0 Å². The highest BCUT2D eigenvalue weighted by Crippen LogP contribution is 2.34. The maximum Gasteiger partial charge on any atom is 0.163 e. The van der Waals surface area contributed by atoms with E-state index in [1.807, 2.05) is 54.6 Å². The van der Waals surface area contributed by atoms with Gasteiger partial charge in [-0.25, -0.2) is 0 Å². The summed E-state index contributed by atoms with van der Waals surface area (Å²) >= 11 is 5.90. The van der Waals surface area contributed by atoms with Gasteiger partial charge in [-0.15, -0.1) is 0 Å². The molecule has 0 amide bonds. The van der Waals surface area contributed by atoms with Crippen LogP contribution in [-0.4, -0.2) is 5.78 Å². The molecule has 2 heteroatoms. The van der Waals surface area contributed by atoms with Crippen molar-refractivity contribution < 1.29 is 4.79 Å². The number of benzene rings is 2. The first-order chi connectivity index (χ1) is 9.74. The molecule has 0 spiro atoms. The molecule has 2 aromatic rings. The zero-order valence-electron chi connectivity index (χ0n) is 11.1. The molecule has 1 nitrogen and oxygen atoms in total. The van der Waals surface area contributed by atoms with E-state index in [-0.39, 0.29) is 11.7 Å². The first-order valence-corrected chi connectivity index (χ1v) is 7.16. The Morgan fingerprint density at radius 1 is 0.950 bits per heavy atom. The van der Waals surface area contributed by atoms with Crippen LogP contribution >= 0.6 is 11.6 Å². The van der Waals surface area contributed by atoms with Crippen molar-refractivity contribution in [3.63, 3.8) is 0 Å². The predicted molar refractivity (Wildman–Crippen MR) is 82.9 cm³/mol. The Morgan fingerprint density at radius 2 is 1.65 bits per heavy atom. The van der Waals surface area contributed by atoms with E-state index >= 15 is 0 Å². The summed E-state index contributed by atoms with van der Waals surface area (Å²) in [5, 5.41) is 0.733. The molecule has 20 heavy (non-hydrogen) atoms. The van der Waals surface area contributed by atoms with E-state index in [9.17, 15) is 4.79 Å². The van der Waals surface area contributed by atoms with Crippen LogP contribution in [-0.2, 0) is 4.79 Å². The van der Waals surface area contributed by atoms with E-state index in [1.165, 1.54) is 5.56 Å². The number of rotatable bonds is 2. The third kappa shape index (κ3) is 2.68. The molecule has 0 aliphatic heterocycles. The van der Waals surface area contributed by atoms with E-state index in [2.05, 4.69) is 6.08 Å². The maximum atomic E-state index is 12.4. The lowest BCUT2D eigenvalue weighted by Gasteiger charge is -2.21. The van der Waals surface area contributed by atoms with Crippen LogP contribution in [0.5, 0.6) is 0 Å². The molecule has 0 N–H and O–H groups in total. The largest absolute Gasteiger partial charge is 0.294 e. The molecule has 100 valence electrons. The lowest BCUT2D eigenvalue weighted by molar-refractivity contribution is -0.114. The normalized spacial score (nSPS) is 18.8. The molecule has 1 atom stereocenters. The summed E-state index contributed by atoms with van der Waals surface area (Å²) in [4.78, 5) is 12.4. The molecular formula is C18H15ClO. The summed E-state index contributed by atoms with van der Waals surface area (Å²) in [7, 11) is 0. The van der Waals surface area contributed by atoms with Crippen molar-refractivity contribution in [3.8, 4) is 0 Å². The Kier molecular flexibility index (Phi) is 3.70. The number of halogens is 1. The van der Waals surface area contributed by atoms with Gasteiger partial charge in [-0.05, 0) is 35.6 Å². The summed E-state index contributed by atoms with van der Waals surface area (Å²) in [6, 6.07) is 17.7. The second kappa shape index (κ2) is 5.64. The first-order valence-electron chi connectivity index (χ1n) is 6.78. The quantitative estimate of drug-likeness (QED) is 0.768. The number of Topliss-reactive ketones (excluding diaryl/α,β-unsaturated/α-hetero) is 1. The van der Waals surface area contributed by atoms with Crippen molar-refractivity contribution in [2.75, 3.05) is 0 Å². The van der Waals surface area contributed by atoms with Crippen LogP contribution in [0, 0.1) is 0 Å². The first kappa shape index (κ1) is 13.1. The summed E-state index contributed by atoms with van der Waals surface area (Å²) in [6.45, 7) is 0. The van der Waals surface area contributed by atoms with E-state index < -0.39 is 0 Å². The minimum atomic E-state index is 0.224. The smallest absolute Gasteiger partial charge is 0.163 e. The van der Waals surface area contributed by atoms with Crippen molar-refractivity contribution in [1.29, 1.82) is 0 Å². The van der Waals surface area contributed by atoms with Crippen LogP contribution in [0.25, 0.3) is 5.57 Å². The van der Waals surface area contributed by atoms with E-state index in [0.717, 1.165) is 22.6 Å². The number of carbonyl (C=O) groups is 1. The topological polar surface area (TPSA) is 17.1 Å². The van der Waals surface area contributed by atoms with Crippen molar-refractivity contribution in [3.05, 3.63) is 76.8 Å². The molecular weight excluding hydrogens is 268 g/mol. The molecule has 1 unspecified atom stereocenters. The lowest BCUT2D eigenvalue weighted by Crippen LogP contribution is -2.13. The Bertz CT molecular complexity index is 641. The van der Waals surface area contributed by atoms with Gasteiger partial charge in [0.25, 0.3) is 0 Å². The zero-order chi connectivity index (χ0) is 13.9. The van der Waals surface area contributed by atoms with Gasteiger partial charge in [-0.2, -0.15) is 0 Å². The maximum absolute atomic E-state index is 12.4. The molecule has 1 aliphatic rings. The van der Waals surface area contributed by atoms with Crippen LogP contribution in [0.15, 0.2) is 60.7 Å². The number of allylic oxidation sites excluding steroid dienone is 2. The molecule has 0 radical (unpaired) electrons. The van der Waals surface area contributed by atoms with Crippen LogP contribution in [0.4, 0.5) is 0 Å². The van der Waals surface area contributed by atoms with Crippen molar-refractivity contribution in [1.82, 2.24) is 0 Å². The van der Waals surface area contributed by atoms with Gasteiger partial charge >= 0.3 is 0 Å². The number of hydrogen-bond donors (Lipinski definition) is 0. The van der Waals surface area contributed by atoms with Crippen molar-refractivity contribution in [2.24, 2.45) is 0 Å². The Morgan fingerprint density at radius 3 is 2.30 bits per heavy atom. The van der Waals surface area contributed by atoms with Gasteiger partial charge in [0.1, 0.15) is 0 Å². The van der Waals surface area contributed by atoms with Gasteiger partial charge in [0.2, 0.25) is 0 Å². The van der Waals surface area contributed by atoms with E-state index in [1.54, 1.807) is 0 Å². The van der Waals surface area contributed by atoms with E-state index in [0.29, 0.717) is 6.42 Å². The Hall–Kier alpha value is -1.86. The van der Waals surface area contributed by atoms with Gasteiger partial charge in [0.05, 0.1) is 0 Å². The highest BCUT2D eigenvalue weighted by atomic mass is 35.5. The van der Waals surface area contributed by atoms with Gasteiger partial charge in [0, 0.05) is 17.0 Å². The SMILES string of the molecule is O=C1CC(c2ccc(Cl)cc2)CC=C1c1ccccc1. The second-order valence-corrected chi connectivity index (χ2v) is 5.53. The molecule has 1 aliphatic carbocycles. The second-order valence-electron chi connectivity index (χ2n) is 5.10. The Balaban J connectivity index is 1.84. The molecule has 0 heterocycles. The minimum absolute atomic E-state index is 0.224. The van der Waals surface area contributed by atoms with Gasteiger partial charge in [0.15, 0.2) is 5.78 Å². The van der Waals surface area contributed by atoms with Crippen LogP contribution in [0.2, 0.25) is 5.02 Å². The van der Waals surface area contributed by atoms with Crippen LogP contribution in [0.3, 0.4) is 0 Å². The van der Waals surface area contributed by atoms with Gasteiger partial charge < -0.3 is 0 Å². The standard InChI is InChI=1S/C18H15ClO/c19-16-9-6-13(7-10-16)15-8-11-17(18(20)12-15)14-4-2-1-3-5-14/h1-7,9-11,15H,8,12H2. The summed E-state index contributed by atoms with van der Waals surface area (Å²) in [5.41, 5.74) is 3.06. The third-order valence-corrected chi connectivity index (χ3v) is 4.02. The molecule has 2 aromatic carbocycles. The highest BCUT2D eigenvalue weighted by Gasteiger charge is 2.23. The Labute approximate surface area is 123 Å². The fourth-order valence-electron chi connectivity index (χ4n) is 2.68. The fraction of sp³-hybridized carbons (Fsp3) is 0.167. The average molecular weight is 283 g/mol. The predicted octanol–water partition coefficient (Wildman–Crippen LogP) is 4.87. The van der Waals surface area contributed by atoms with Crippen molar-refractivity contribution >= 4 is 23.0 Å². The highest BCUT2D eigenvalue weighted by molar-refractivity contribution is 6.30. The van der Waals surface area contributed by atoms with E-state index in [4.69, 9.17) is 11.6 Å². The van der Waals surface area contributed by atoms with Crippen molar-refractivity contribution in [2.45, 2.75) is 18.8 Å². The van der Waals surface area contributed by atoms with Gasteiger partial charge in [-0.1, -0.05) is 60.1 Å². The summed E-state index contributed by atoms with van der Waals surface area (Å²) in [5.74, 6) is 0.495. The molecule has 0 saturated carbocycles. The zero-order valence-corrected chi connectivity index (χ0v) is 11.8. The molecule has 3 rings (SSSR count). The molecule has 0 aromatic heterocycles. The summed E-state index contributed by atoms with van der Waals surface area (Å²) < 4.78 is 0. The molecule has 0 fully saturated rings. The molecule has 0 bridgehead atoms. The fourth-order valence-corrected chi connectivity index (χ4v) is 2.80. The molecule has 0 saturated heterocycles. The number of carbonyl (C=O) groups excluding carboxylic acids is 1. The minimum Gasteiger partial charge on any atom is -0.294 e. The monoisotopic (exact) mass is 282 g/mol.